The van der Waals surface area contributed by atoms with Crippen LogP contribution in [0.1, 0.15) is 11.1 Å². The summed E-state index contributed by atoms with van der Waals surface area (Å²) >= 11 is 0. The van der Waals surface area contributed by atoms with Crippen LogP contribution in [0.2, 0.25) is 0 Å². The summed E-state index contributed by atoms with van der Waals surface area (Å²) in [7, 11) is 0. The van der Waals surface area contributed by atoms with Crippen LogP contribution in [-0.4, -0.2) is 6.54 Å². The minimum absolute atomic E-state index is 0.590. The lowest BCUT2D eigenvalue weighted by atomic mass is 9.89. The molecule has 0 fully saturated rings. The van der Waals surface area contributed by atoms with Crippen molar-refractivity contribution in [1.82, 2.24) is 0 Å². The lowest BCUT2D eigenvalue weighted by molar-refractivity contribution is 1.06. The van der Waals surface area contributed by atoms with Crippen molar-refractivity contribution in [3.63, 3.8) is 0 Å². The van der Waals surface area contributed by atoms with E-state index in [-0.39, 0.29) is 0 Å². The molecule has 0 aromatic heterocycles. The zero-order valence-electron chi connectivity index (χ0n) is 7.59. The average molecular weight is 171 g/mol. The quantitative estimate of drug-likeness (QED) is 0.688. The molecule has 1 aliphatic carbocycles. The third-order valence-electron chi connectivity index (χ3n) is 2.46. The third-order valence-corrected chi connectivity index (χ3v) is 2.46. The molecule has 0 saturated carbocycles. The molecule has 1 aromatic rings. The minimum Gasteiger partial charge on any atom is -0.326 e. The van der Waals surface area contributed by atoms with E-state index in [1.54, 1.807) is 0 Å². The molecule has 0 spiro atoms. The Hall–Kier alpha value is -1.34. The smallest absolute Gasteiger partial charge is 0.0180 e. The van der Waals surface area contributed by atoms with Crippen molar-refractivity contribution in [1.29, 1.82) is 0 Å². The molecular weight excluding hydrogens is 158 g/mol. The second-order valence-electron chi connectivity index (χ2n) is 3.35. The van der Waals surface area contributed by atoms with E-state index in [1.807, 2.05) is 0 Å². The summed E-state index contributed by atoms with van der Waals surface area (Å²) in [5.41, 5.74) is 10.6. The fourth-order valence-corrected chi connectivity index (χ4v) is 1.67. The van der Waals surface area contributed by atoms with Gasteiger partial charge in [-0.15, -0.1) is 0 Å². The van der Waals surface area contributed by atoms with Gasteiger partial charge in [0.05, 0.1) is 0 Å². The number of hydrogen-bond donors (Lipinski definition) is 1. The predicted octanol–water partition coefficient (Wildman–Crippen LogP) is 2.14. The maximum Gasteiger partial charge on any atom is 0.0180 e. The van der Waals surface area contributed by atoms with Crippen LogP contribution in [0.4, 0.5) is 0 Å². The first kappa shape index (κ1) is 8.27. The molecule has 13 heavy (non-hydrogen) atoms. The first-order valence-corrected chi connectivity index (χ1v) is 4.48. The minimum atomic E-state index is 0.590. The van der Waals surface area contributed by atoms with Crippen molar-refractivity contribution in [2.75, 3.05) is 6.54 Å². The molecule has 1 heteroatoms. The number of hydrogen-bond acceptors (Lipinski definition) is 1. The van der Waals surface area contributed by atoms with Crippen LogP contribution in [0.15, 0.2) is 42.0 Å². The van der Waals surface area contributed by atoms with E-state index in [4.69, 9.17) is 5.73 Å². The van der Waals surface area contributed by atoms with E-state index < -0.39 is 0 Å². The largest absolute Gasteiger partial charge is 0.326 e. The van der Waals surface area contributed by atoms with Gasteiger partial charge in [0.15, 0.2) is 0 Å². The van der Waals surface area contributed by atoms with E-state index >= 15 is 0 Å². The predicted molar refractivity (Wildman–Crippen MR) is 56.3 cm³/mol. The molecule has 0 unspecified atom stereocenters. The molecule has 0 saturated heterocycles. The third kappa shape index (κ3) is 1.43. The van der Waals surface area contributed by atoms with Gasteiger partial charge in [0, 0.05) is 6.54 Å². The summed E-state index contributed by atoms with van der Waals surface area (Å²) in [5, 5.41) is 0. The van der Waals surface area contributed by atoms with Gasteiger partial charge in [0.25, 0.3) is 0 Å². The molecule has 1 aliphatic rings. The Bertz CT molecular complexity index is 374. The monoisotopic (exact) mass is 171 g/mol. The van der Waals surface area contributed by atoms with E-state index in [1.165, 1.54) is 16.7 Å². The van der Waals surface area contributed by atoms with Gasteiger partial charge in [0.1, 0.15) is 0 Å². The van der Waals surface area contributed by atoms with Gasteiger partial charge >= 0.3 is 0 Å². The van der Waals surface area contributed by atoms with Crippen molar-refractivity contribution >= 4 is 6.08 Å². The molecule has 2 rings (SSSR count). The zero-order valence-corrected chi connectivity index (χ0v) is 7.59. The van der Waals surface area contributed by atoms with Gasteiger partial charge < -0.3 is 5.73 Å². The van der Waals surface area contributed by atoms with Gasteiger partial charge in [-0.1, -0.05) is 30.8 Å². The van der Waals surface area contributed by atoms with Gasteiger partial charge in [-0.2, -0.15) is 0 Å². The Balaban J connectivity index is 2.50. The van der Waals surface area contributed by atoms with Crippen molar-refractivity contribution in [3.8, 4) is 0 Å². The maximum absolute atomic E-state index is 5.62. The van der Waals surface area contributed by atoms with E-state index in [2.05, 4.69) is 36.9 Å². The van der Waals surface area contributed by atoms with Gasteiger partial charge in [0.2, 0.25) is 0 Å². The SMILES string of the molecule is C=C1Cc2ccccc2C=C1CN. The highest BCUT2D eigenvalue weighted by molar-refractivity contribution is 5.66. The van der Waals surface area contributed by atoms with Crippen molar-refractivity contribution in [2.45, 2.75) is 6.42 Å². The first-order chi connectivity index (χ1) is 6.31. The highest BCUT2D eigenvalue weighted by atomic mass is 14.5. The molecule has 1 aromatic carbocycles. The van der Waals surface area contributed by atoms with Crippen LogP contribution in [-0.2, 0) is 6.42 Å². The van der Waals surface area contributed by atoms with Gasteiger partial charge in [-0.3, -0.25) is 0 Å². The lowest BCUT2D eigenvalue weighted by Gasteiger charge is -2.17. The molecular formula is C12H13N. The Morgan fingerprint density at radius 1 is 1.31 bits per heavy atom. The lowest BCUT2D eigenvalue weighted by Crippen LogP contribution is -2.10. The second-order valence-corrected chi connectivity index (χ2v) is 3.35. The standard InChI is InChI=1S/C12H13N/c1-9-6-10-4-2-3-5-11(10)7-12(9)8-13/h2-5,7H,1,6,8,13H2. The Kier molecular flexibility index (Phi) is 2.03. The Morgan fingerprint density at radius 3 is 2.85 bits per heavy atom. The summed E-state index contributed by atoms with van der Waals surface area (Å²) in [4.78, 5) is 0. The number of fused-ring (bicyclic) bond motifs is 1. The Labute approximate surface area is 78.6 Å². The molecule has 0 aliphatic heterocycles. The highest BCUT2D eigenvalue weighted by Gasteiger charge is 2.11. The van der Waals surface area contributed by atoms with Crippen molar-refractivity contribution < 1.29 is 0 Å². The van der Waals surface area contributed by atoms with Crippen molar-refractivity contribution in [3.05, 3.63) is 53.1 Å². The van der Waals surface area contributed by atoms with Crippen LogP contribution in [0.25, 0.3) is 6.08 Å². The van der Waals surface area contributed by atoms with Crippen LogP contribution < -0.4 is 5.73 Å². The van der Waals surface area contributed by atoms with E-state index in [0.29, 0.717) is 6.54 Å². The van der Waals surface area contributed by atoms with Crippen LogP contribution >= 0.6 is 0 Å². The van der Waals surface area contributed by atoms with Crippen LogP contribution in [0.5, 0.6) is 0 Å². The second kappa shape index (κ2) is 3.19. The number of rotatable bonds is 1. The fourth-order valence-electron chi connectivity index (χ4n) is 1.67. The van der Waals surface area contributed by atoms with E-state index in [9.17, 15) is 0 Å². The normalized spacial score (nSPS) is 15.2. The first-order valence-electron chi connectivity index (χ1n) is 4.48. The average Bonchev–Trinajstić information content (AvgIpc) is 2.17. The molecule has 1 nitrogen and oxygen atoms in total. The molecule has 66 valence electrons. The fraction of sp³-hybridized carbons (Fsp3) is 0.167. The maximum atomic E-state index is 5.62. The van der Waals surface area contributed by atoms with Crippen LogP contribution in [0.3, 0.4) is 0 Å². The molecule has 0 atom stereocenters. The molecule has 0 radical (unpaired) electrons. The zero-order chi connectivity index (χ0) is 9.26. The topological polar surface area (TPSA) is 26.0 Å². The summed E-state index contributed by atoms with van der Waals surface area (Å²) in [5.74, 6) is 0. The molecule has 0 heterocycles. The van der Waals surface area contributed by atoms with Gasteiger partial charge in [-0.25, -0.2) is 0 Å². The number of benzene rings is 1. The van der Waals surface area contributed by atoms with Gasteiger partial charge in [-0.05, 0) is 34.8 Å². The van der Waals surface area contributed by atoms with Crippen molar-refractivity contribution in [2.24, 2.45) is 5.73 Å². The Morgan fingerprint density at radius 2 is 2.08 bits per heavy atom. The molecule has 0 bridgehead atoms. The summed E-state index contributed by atoms with van der Waals surface area (Å²) in [6.07, 6.45) is 3.08. The number of nitrogens with two attached hydrogens (primary N) is 1. The van der Waals surface area contributed by atoms with E-state index in [0.717, 1.165) is 12.0 Å². The molecule has 0 amide bonds. The summed E-state index contributed by atoms with van der Waals surface area (Å²) < 4.78 is 0. The summed E-state index contributed by atoms with van der Waals surface area (Å²) in [6, 6.07) is 8.38. The summed E-state index contributed by atoms with van der Waals surface area (Å²) in [6.45, 7) is 4.61. The molecule has 2 N–H and O–H groups in total. The van der Waals surface area contributed by atoms with Crippen LogP contribution in [0, 0.1) is 0 Å². The highest BCUT2D eigenvalue weighted by Crippen LogP contribution is 2.25.